The van der Waals surface area contributed by atoms with Gasteiger partial charge in [0.2, 0.25) is 0 Å². The van der Waals surface area contributed by atoms with Crippen LogP contribution < -0.4 is 54.0 Å². The van der Waals surface area contributed by atoms with Crippen molar-refractivity contribution in [2.75, 3.05) is 0 Å². The van der Waals surface area contributed by atoms with Gasteiger partial charge in [0, 0.05) is 5.92 Å². The third-order valence-corrected chi connectivity index (χ3v) is 14.2. The highest BCUT2D eigenvalue weighted by Gasteiger charge is 2.55. The van der Waals surface area contributed by atoms with Crippen molar-refractivity contribution in [3.63, 3.8) is 0 Å². The minimum Gasteiger partial charge on any atom is -0.370 e. The van der Waals surface area contributed by atoms with Crippen LogP contribution in [0.5, 0.6) is 0 Å². The van der Waals surface area contributed by atoms with Gasteiger partial charge < -0.3 is 11.5 Å². The Morgan fingerprint density at radius 2 is 0.659 bits per heavy atom. The predicted octanol–water partition coefficient (Wildman–Crippen LogP) is 0.858. The highest BCUT2D eigenvalue weighted by Crippen LogP contribution is 2.46. The molecule has 0 aromatic rings. The lowest BCUT2D eigenvalue weighted by atomic mass is 9.74. The minimum absolute atomic E-state index is 0.159. The summed E-state index contributed by atoms with van der Waals surface area (Å²) in [6.45, 7) is 0. The van der Waals surface area contributed by atoms with E-state index in [9.17, 15) is 0 Å². The molecule has 0 aromatic heterocycles. The first-order valence-electron chi connectivity index (χ1n) is 18.8. The molecule has 0 spiro atoms. The SMILES string of the molecule is NC(N)=NC1CCCC2C3NC4NC(NC5NC(NC6NC(NC(N3)C12)C1CCCCC61)C1CCCCC51)C1CCCCC41. The molecule has 0 amide bonds. The summed E-state index contributed by atoms with van der Waals surface area (Å²) in [6, 6.07) is 0.159. The first-order chi connectivity index (χ1) is 21.6. The maximum Gasteiger partial charge on any atom is 0.186 e. The Balaban J connectivity index is 1.07. The van der Waals surface area contributed by atoms with E-state index in [2.05, 4.69) is 42.5 Å². The Bertz CT molecular complexity index is 1070. The zero-order valence-electron chi connectivity index (χ0n) is 26.5. The van der Waals surface area contributed by atoms with Crippen LogP contribution in [0.1, 0.15) is 96.3 Å². The molecule has 11 heteroatoms. The lowest BCUT2D eigenvalue weighted by Crippen LogP contribution is -2.62. The summed E-state index contributed by atoms with van der Waals surface area (Å²) in [4.78, 5) is 4.86. The van der Waals surface area contributed by atoms with Crippen LogP contribution in [-0.2, 0) is 0 Å². The molecule has 17 unspecified atom stereocenters. The topological polar surface area (TPSA) is 161 Å². The molecule has 12 N–H and O–H groups in total. The molecular formula is C33H59N11. The van der Waals surface area contributed by atoms with Crippen LogP contribution in [-0.4, -0.2) is 61.3 Å². The van der Waals surface area contributed by atoms with Crippen molar-refractivity contribution in [3.8, 4) is 0 Å². The van der Waals surface area contributed by atoms with Crippen LogP contribution in [0.4, 0.5) is 0 Å². The van der Waals surface area contributed by atoms with Gasteiger partial charge in [-0.3, -0.25) is 42.5 Å². The first-order valence-corrected chi connectivity index (χ1v) is 18.8. The summed E-state index contributed by atoms with van der Waals surface area (Å²) in [7, 11) is 0. The number of fused-ring (bicyclic) bond motifs is 20. The van der Waals surface area contributed by atoms with E-state index < -0.39 is 0 Å². The first kappa shape index (κ1) is 29.1. The molecule has 0 aromatic carbocycles. The predicted molar refractivity (Wildman–Crippen MR) is 172 cm³/mol. The van der Waals surface area contributed by atoms with Crippen LogP contribution in [0.25, 0.3) is 0 Å². The third-order valence-electron chi connectivity index (χ3n) is 14.2. The fourth-order valence-corrected chi connectivity index (χ4v) is 12.4. The molecule has 5 heterocycles. The van der Waals surface area contributed by atoms with Gasteiger partial charge in [-0.05, 0) is 92.8 Å². The van der Waals surface area contributed by atoms with Gasteiger partial charge >= 0.3 is 0 Å². The highest BCUT2D eigenvalue weighted by molar-refractivity contribution is 5.75. The van der Waals surface area contributed by atoms with Gasteiger partial charge in [0.25, 0.3) is 0 Å². The van der Waals surface area contributed by atoms with Gasteiger partial charge in [-0.1, -0.05) is 44.9 Å². The fourth-order valence-electron chi connectivity index (χ4n) is 12.4. The summed E-state index contributed by atoms with van der Waals surface area (Å²) >= 11 is 0. The molecule has 246 valence electrons. The van der Waals surface area contributed by atoms with Crippen molar-refractivity contribution < 1.29 is 0 Å². The van der Waals surface area contributed by atoms with Crippen molar-refractivity contribution >= 4 is 5.96 Å². The van der Waals surface area contributed by atoms with E-state index >= 15 is 0 Å². The smallest absolute Gasteiger partial charge is 0.186 e. The summed E-state index contributed by atoms with van der Waals surface area (Å²) in [6.07, 6.45) is 22.0. The summed E-state index contributed by atoms with van der Waals surface area (Å²) in [5.41, 5.74) is 12.1. The number of nitrogens with one attached hydrogen (secondary N) is 8. The zero-order chi connectivity index (χ0) is 29.4. The molecule has 5 saturated heterocycles. The molecule has 0 radical (unpaired) electrons. The Morgan fingerprint density at radius 3 is 1.00 bits per heavy atom. The Hall–Kier alpha value is -1.05. The Labute approximate surface area is 263 Å². The molecule has 9 rings (SSSR count). The largest absolute Gasteiger partial charge is 0.370 e. The Morgan fingerprint density at radius 1 is 0.364 bits per heavy atom. The molecule has 4 saturated carbocycles. The van der Waals surface area contributed by atoms with Crippen molar-refractivity contribution in [2.45, 2.75) is 152 Å². The van der Waals surface area contributed by atoms with E-state index in [-0.39, 0.29) is 24.3 Å². The van der Waals surface area contributed by atoms with E-state index in [1.807, 2.05) is 0 Å². The molecule has 9 aliphatic rings. The van der Waals surface area contributed by atoms with Crippen molar-refractivity contribution in [1.29, 1.82) is 0 Å². The lowest BCUT2D eigenvalue weighted by Gasteiger charge is -2.38. The second kappa shape index (κ2) is 11.9. The highest BCUT2D eigenvalue weighted by atomic mass is 15.4. The summed E-state index contributed by atoms with van der Waals surface area (Å²) in [5.74, 6) is 5.17. The van der Waals surface area contributed by atoms with Crippen LogP contribution in [0, 0.1) is 47.3 Å². The molecule has 9 fully saturated rings. The van der Waals surface area contributed by atoms with Crippen LogP contribution in [0.2, 0.25) is 0 Å². The molecule has 5 aliphatic heterocycles. The normalized spacial score (nSPS) is 55.0. The van der Waals surface area contributed by atoms with Crippen molar-refractivity contribution in [3.05, 3.63) is 0 Å². The van der Waals surface area contributed by atoms with Gasteiger partial charge in [0.15, 0.2) is 5.96 Å². The lowest BCUT2D eigenvalue weighted by molar-refractivity contribution is 0.157. The second-order valence-electron chi connectivity index (χ2n) is 16.3. The van der Waals surface area contributed by atoms with Gasteiger partial charge in [-0.25, -0.2) is 4.99 Å². The zero-order valence-corrected chi connectivity index (χ0v) is 26.5. The average Bonchev–Trinajstić information content (AvgIpc) is 3.77. The fraction of sp³-hybridized carbons (Fsp3) is 0.970. The quantitative estimate of drug-likeness (QED) is 0.153. The standard InChI is InChI=1S/C33H59N11/c34-33(35)36-23-15-7-14-22-24(23)32-43-30-21-13-6-5-12-20(21)28(41-30)39-26-17-9-2-1-8-16(17)25(37-26)38-27-18-10-3-4-11-19(18)29(40-27)42-31(22)44-32/h16-32,37-44H,1-15H2,(H4,34,35,36). The van der Waals surface area contributed by atoms with E-state index in [0.29, 0.717) is 84.3 Å². The average molecular weight is 610 g/mol. The number of hydrogen-bond donors (Lipinski definition) is 10. The molecule has 44 heavy (non-hydrogen) atoms. The third kappa shape index (κ3) is 5.03. The number of hydrogen-bond acceptors (Lipinski definition) is 9. The number of guanidine groups is 1. The minimum atomic E-state index is 0.159. The number of rotatable bonds is 1. The Kier molecular flexibility index (Phi) is 7.86. The van der Waals surface area contributed by atoms with Gasteiger partial charge in [-0.15, -0.1) is 0 Å². The summed E-state index contributed by atoms with van der Waals surface area (Å²) < 4.78 is 0. The molecular weight excluding hydrogens is 550 g/mol. The molecule has 8 bridgehead atoms. The number of nitrogens with two attached hydrogens (primary N) is 2. The van der Waals surface area contributed by atoms with Crippen LogP contribution in [0.15, 0.2) is 4.99 Å². The maximum atomic E-state index is 6.03. The van der Waals surface area contributed by atoms with Gasteiger partial charge in [-0.2, -0.15) is 0 Å². The monoisotopic (exact) mass is 609 g/mol. The second-order valence-corrected chi connectivity index (χ2v) is 16.3. The number of aliphatic imine (C=N–C) groups is 1. The maximum absolute atomic E-state index is 6.03. The van der Waals surface area contributed by atoms with Gasteiger partial charge in [0.1, 0.15) is 0 Å². The van der Waals surface area contributed by atoms with Crippen LogP contribution in [0.3, 0.4) is 0 Å². The van der Waals surface area contributed by atoms with Crippen molar-refractivity contribution in [1.82, 2.24) is 42.5 Å². The van der Waals surface area contributed by atoms with Crippen molar-refractivity contribution in [2.24, 2.45) is 63.8 Å². The van der Waals surface area contributed by atoms with Gasteiger partial charge in [0.05, 0.1) is 55.4 Å². The van der Waals surface area contributed by atoms with E-state index in [0.717, 1.165) is 6.42 Å². The van der Waals surface area contributed by atoms with E-state index in [4.69, 9.17) is 16.5 Å². The molecule has 11 nitrogen and oxygen atoms in total. The molecule has 4 aliphatic carbocycles. The molecule has 17 atom stereocenters. The van der Waals surface area contributed by atoms with E-state index in [1.54, 1.807) is 0 Å². The summed E-state index contributed by atoms with van der Waals surface area (Å²) in [5, 5.41) is 33.6. The number of nitrogens with zero attached hydrogens (tertiary/aromatic N) is 1. The van der Waals surface area contributed by atoms with Crippen LogP contribution >= 0.6 is 0 Å². The van der Waals surface area contributed by atoms with E-state index in [1.165, 1.54) is 89.9 Å².